The molecule has 1 aromatic carbocycles. The van der Waals surface area contributed by atoms with Crippen molar-refractivity contribution in [1.29, 1.82) is 0 Å². The first-order valence-electron chi connectivity index (χ1n) is 4.79. The Bertz CT molecular complexity index is 380. The van der Waals surface area contributed by atoms with Gasteiger partial charge in [-0.05, 0) is 17.7 Å². The van der Waals surface area contributed by atoms with Crippen molar-refractivity contribution in [3.63, 3.8) is 0 Å². The molecular weight excluding hydrogens is 244 g/mol. The van der Waals surface area contributed by atoms with Crippen LogP contribution >= 0.6 is 23.8 Å². The minimum absolute atomic E-state index is 0.155. The zero-order valence-corrected chi connectivity index (χ0v) is 10.2. The van der Waals surface area contributed by atoms with Crippen molar-refractivity contribution < 1.29 is 4.79 Å². The van der Waals surface area contributed by atoms with Gasteiger partial charge in [0.15, 0.2) is 5.78 Å². The van der Waals surface area contributed by atoms with Crippen LogP contribution in [0, 0.1) is 0 Å². The molecular formula is C11H13ClN2OS. The van der Waals surface area contributed by atoms with Crippen LogP contribution in [-0.4, -0.2) is 17.2 Å². The number of ketones is 1. The van der Waals surface area contributed by atoms with Gasteiger partial charge in [-0.1, -0.05) is 36.0 Å². The molecule has 5 heteroatoms. The van der Waals surface area contributed by atoms with Crippen molar-refractivity contribution in [2.75, 3.05) is 0 Å². The van der Waals surface area contributed by atoms with Crippen LogP contribution in [0.1, 0.15) is 18.0 Å². The summed E-state index contributed by atoms with van der Waals surface area (Å²) in [5.41, 5.74) is 12.2. The Kier molecular flexibility index (Phi) is 5.02. The molecule has 1 rings (SSSR count). The van der Waals surface area contributed by atoms with Crippen LogP contribution in [-0.2, 0) is 4.79 Å². The molecule has 0 bridgehead atoms. The lowest BCUT2D eigenvalue weighted by molar-refractivity contribution is -0.119. The van der Waals surface area contributed by atoms with E-state index in [1.165, 1.54) is 5.37 Å². The van der Waals surface area contributed by atoms with E-state index < -0.39 is 6.04 Å². The molecule has 0 radical (unpaired) electrons. The van der Waals surface area contributed by atoms with Gasteiger partial charge in [-0.15, -0.1) is 0 Å². The SMILES string of the molecule is NC(C=S)C(=O)CC(N)c1ccc(Cl)cc1. The number of hydrogen-bond acceptors (Lipinski definition) is 4. The van der Waals surface area contributed by atoms with Gasteiger partial charge in [0.25, 0.3) is 0 Å². The first-order valence-corrected chi connectivity index (χ1v) is 5.64. The van der Waals surface area contributed by atoms with Gasteiger partial charge < -0.3 is 11.5 Å². The van der Waals surface area contributed by atoms with Gasteiger partial charge in [0, 0.05) is 22.9 Å². The van der Waals surface area contributed by atoms with Crippen molar-refractivity contribution in [2.45, 2.75) is 18.5 Å². The van der Waals surface area contributed by atoms with Crippen LogP contribution in [0.4, 0.5) is 0 Å². The van der Waals surface area contributed by atoms with Crippen LogP contribution in [0.2, 0.25) is 5.02 Å². The van der Waals surface area contributed by atoms with Crippen molar-refractivity contribution >= 4 is 35.0 Å². The summed E-state index contributed by atoms with van der Waals surface area (Å²) >= 11 is 10.4. The van der Waals surface area contributed by atoms with E-state index in [1.807, 2.05) is 0 Å². The van der Waals surface area contributed by atoms with Gasteiger partial charge in [-0.3, -0.25) is 4.79 Å². The van der Waals surface area contributed by atoms with E-state index in [9.17, 15) is 4.79 Å². The fraction of sp³-hybridized carbons (Fsp3) is 0.273. The average molecular weight is 257 g/mol. The Morgan fingerprint density at radius 1 is 1.38 bits per heavy atom. The summed E-state index contributed by atoms with van der Waals surface area (Å²) in [5, 5.41) is 1.88. The Morgan fingerprint density at radius 3 is 2.44 bits per heavy atom. The van der Waals surface area contributed by atoms with Crippen molar-refractivity contribution in [1.82, 2.24) is 0 Å². The monoisotopic (exact) mass is 256 g/mol. The molecule has 0 aliphatic heterocycles. The van der Waals surface area contributed by atoms with Crippen molar-refractivity contribution in [3.05, 3.63) is 34.9 Å². The molecule has 0 spiro atoms. The largest absolute Gasteiger partial charge is 0.324 e. The van der Waals surface area contributed by atoms with E-state index >= 15 is 0 Å². The molecule has 3 nitrogen and oxygen atoms in total. The third-order valence-corrected chi connectivity index (χ3v) is 2.78. The van der Waals surface area contributed by atoms with E-state index in [0.29, 0.717) is 5.02 Å². The normalized spacial score (nSPS) is 14.2. The smallest absolute Gasteiger partial charge is 0.156 e. The highest BCUT2D eigenvalue weighted by Crippen LogP contribution is 2.17. The second-order valence-corrected chi connectivity index (χ2v) is 4.20. The number of hydrogen-bond donors (Lipinski definition) is 2. The third kappa shape index (κ3) is 3.64. The molecule has 0 saturated heterocycles. The molecule has 0 saturated carbocycles. The number of carbonyl (C=O) groups excluding carboxylic acids is 1. The fourth-order valence-corrected chi connectivity index (χ4v) is 1.53. The summed E-state index contributed by atoms with van der Waals surface area (Å²) in [7, 11) is 0. The fourth-order valence-electron chi connectivity index (χ4n) is 1.26. The van der Waals surface area contributed by atoms with Crippen LogP contribution in [0.5, 0.6) is 0 Å². The number of Topliss-reactive ketones (excluding diaryl/α,β-unsaturated/α-hetero) is 1. The minimum Gasteiger partial charge on any atom is -0.324 e. The van der Waals surface area contributed by atoms with E-state index in [-0.39, 0.29) is 18.2 Å². The molecule has 16 heavy (non-hydrogen) atoms. The molecule has 0 aliphatic carbocycles. The summed E-state index contributed by atoms with van der Waals surface area (Å²) in [6, 6.07) is 5.98. The number of rotatable bonds is 5. The molecule has 0 fully saturated rings. The van der Waals surface area contributed by atoms with E-state index in [1.54, 1.807) is 24.3 Å². The molecule has 2 atom stereocenters. The van der Waals surface area contributed by atoms with Gasteiger partial charge in [-0.25, -0.2) is 0 Å². The number of nitrogens with two attached hydrogens (primary N) is 2. The molecule has 0 aliphatic rings. The number of thiocarbonyl (C=S) groups is 1. The number of halogens is 1. The Balaban J connectivity index is 2.65. The Morgan fingerprint density at radius 2 is 1.94 bits per heavy atom. The maximum atomic E-state index is 11.5. The zero-order valence-electron chi connectivity index (χ0n) is 8.60. The van der Waals surface area contributed by atoms with Crippen LogP contribution in [0.3, 0.4) is 0 Å². The van der Waals surface area contributed by atoms with E-state index in [4.69, 9.17) is 23.1 Å². The van der Waals surface area contributed by atoms with E-state index in [0.717, 1.165) is 5.56 Å². The van der Waals surface area contributed by atoms with Gasteiger partial charge in [0.05, 0.1) is 6.04 Å². The van der Waals surface area contributed by atoms with Gasteiger partial charge in [0.2, 0.25) is 0 Å². The predicted octanol–water partition coefficient (Wildman–Crippen LogP) is 1.63. The second kappa shape index (κ2) is 6.06. The highest BCUT2D eigenvalue weighted by molar-refractivity contribution is 7.79. The molecule has 2 unspecified atom stereocenters. The molecule has 86 valence electrons. The zero-order chi connectivity index (χ0) is 12.1. The Labute approximate surface area is 105 Å². The van der Waals surface area contributed by atoms with Gasteiger partial charge >= 0.3 is 0 Å². The summed E-state index contributed by atoms with van der Waals surface area (Å²) in [6.45, 7) is 0. The quantitative estimate of drug-likeness (QED) is 0.786. The minimum atomic E-state index is -0.714. The molecule has 0 heterocycles. The molecule has 1 aromatic rings. The van der Waals surface area contributed by atoms with E-state index in [2.05, 4.69) is 12.2 Å². The lowest BCUT2D eigenvalue weighted by atomic mass is 10.00. The van der Waals surface area contributed by atoms with Crippen LogP contribution < -0.4 is 11.5 Å². The summed E-state index contributed by atoms with van der Waals surface area (Å²) in [4.78, 5) is 11.5. The summed E-state index contributed by atoms with van der Waals surface area (Å²) in [6.07, 6.45) is 0.177. The second-order valence-electron chi connectivity index (χ2n) is 3.49. The van der Waals surface area contributed by atoms with Crippen LogP contribution in [0.15, 0.2) is 24.3 Å². The first kappa shape index (κ1) is 13.3. The van der Waals surface area contributed by atoms with Crippen molar-refractivity contribution in [3.8, 4) is 0 Å². The maximum absolute atomic E-state index is 11.5. The van der Waals surface area contributed by atoms with Crippen LogP contribution in [0.25, 0.3) is 0 Å². The lowest BCUT2D eigenvalue weighted by Crippen LogP contribution is -2.33. The third-order valence-electron chi connectivity index (χ3n) is 2.24. The molecule has 4 N–H and O–H groups in total. The standard InChI is InChI=1S/C11H13ClN2OS/c12-8-3-1-7(2-4-8)9(13)5-11(15)10(14)6-16/h1-4,6,9-10H,5,13-14H2. The van der Waals surface area contributed by atoms with Gasteiger partial charge in [-0.2, -0.15) is 0 Å². The summed E-state index contributed by atoms with van der Waals surface area (Å²) < 4.78 is 0. The summed E-state index contributed by atoms with van der Waals surface area (Å²) in [5.74, 6) is -0.155. The maximum Gasteiger partial charge on any atom is 0.156 e. The number of carbonyl (C=O) groups is 1. The van der Waals surface area contributed by atoms with Crippen molar-refractivity contribution in [2.24, 2.45) is 11.5 Å². The Hall–Kier alpha value is -0.810. The number of benzene rings is 1. The predicted molar refractivity (Wildman–Crippen MR) is 69.6 cm³/mol. The highest BCUT2D eigenvalue weighted by atomic mass is 35.5. The average Bonchev–Trinajstić information content (AvgIpc) is 2.28. The van der Waals surface area contributed by atoms with Gasteiger partial charge in [0.1, 0.15) is 0 Å². The topological polar surface area (TPSA) is 69.1 Å². The highest BCUT2D eigenvalue weighted by Gasteiger charge is 2.15. The lowest BCUT2D eigenvalue weighted by Gasteiger charge is -2.12. The first-order chi connectivity index (χ1) is 7.54. The molecule has 0 aromatic heterocycles. The molecule has 0 amide bonds.